The summed E-state index contributed by atoms with van der Waals surface area (Å²) in [5.41, 5.74) is 0.587. The van der Waals surface area contributed by atoms with Gasteiger partial charge in [0.1, 0.15) is 11.6 Å². The zero-order valence-corrected chi connectivity index (χ0v) is 16.2. The van der Waals surface area contributed by atoms with Gasteiger partial charge in [-0.3, -0.25) is 4.79 Å². The molecule has 0 radical (unpaired) electrons. The van der Waals surface area contributed by atoms with Crippen LogP contribution >= 0.6 is 11.6 Å². The van der Waals surface area contributed by atoms with E-state index in [-0.39, 0.29) is 10.6 Å². The van der Waals surface area contributed by atoms with Gasteiger partial charge in [0, 0.05) is 22.3 Å². The average molecular weight is 414 g/mol. The van der Waals surface area contributed by atoms with E-state index in [1.165, 1.54) is 19.2 Å². The van der Waals surface area contributed by atoms with Crippen molar-refractivity contribution < 1.29 is 23.5 Å². The number of halogens is 2. The largest absolute Gasteiger partial charge is 0.497 e. The van der Waals surface area contributed by atoms with Crippen LogP contribution in [0.1, 0.15) is 22.0 Å². The lowest BCUT2D eigenvalue weighted by molar-refractivity contribution is -0.125. The van der Waals surface area contributed by atoms with Crippen LogP contribution in [-0.4, -0.2) is 19.0 Å². The van der Waals surface area contributed by atoms with Crippen molar-refractivity contribution in [2.24, 2.45) is 0 Å². The Balaban J connectivity index is 1.86. The fraction of sp³-hybridized carbons (Fsp3) is 0.0909. The summed E-state index contributed by atoms with van der Waals surface area (Å²) < 4.78 is 24.6. The number of hydrogen-bond acceptors (Lipinski definition) is 4. The molecule has 1 amide bonds. The lowest BCUT2D eigenvalue weighted by atomic mass is 10.1. The second-order valence-corrected chi connectivity index (χ2v) is 6.48. The topological polar surface area (TPSA) is 64.6 Å². The summed E-state index contributed by atoms with van der Waals surface area (Å²) in [6.45, 7) is 0. The maximum atomic E-state index is 14.1. The second kappa shape index (κ2) is 9.21. The fourth-order valence-corrected chi connectivity index (χ4v) is 2.79. The zero-order valence-electron chi connectivity index (χ0n) is 15.4. The van der Waals surface area contributed by atoms with Crippen molar-refractivity contribution in [3.63, 3.8) is 0 Å². The summed E-state index contributed by atoms with van der Waals surface area (Å²) in [4.78, 5) is 25.4. The van der Waals surface area contributed by atoms with Gasteiger partial charge in [0.2, 0.25) is 6.10 Å². The molecule has 5 nitrogen and oxygen atoms in total. The number of amides is 1. The molecule has 0 aliphatic heterocycles. The van der Waals surface area contributed by atoms with Crippen LogP contribution in [0.25, 0.3) is 0 Å². The van der Waals surface area contributed by atoms with Crippen molar-refractivity contribution in [2.45, 2.75) is 6.10 Å². The highest BCUT2D eigenvalue weighted by atomic mass is 35.5. The Morgan fingerprint density at radius 3 is 2.45 bits per heavy atom. The van der Waals surface area contributed by atoms with Crippen LogP contribution in [0.4, 0.5) is 10.1 Å². The molecule has 29 heavy (non-hydrogen) atoms. The number of hydrogen-bond donors (Lipinski definition) is 1. The van der Waals surface area contributed by atoms with Gasteiger partial charge in [-0.1, -0.05) is 48.0 Å². The molecule has 0 spiro atoms. The molecule has 148 valence electrons. The highest BCUT2D eigenvalue weighted by Gasteiger charge is 2.27. The average Bonchev–Trinajstić information content (AvgIpc) is 2.72. The van der Waals surface area contributed by atoms with E-state index >= 15 is 0 Å². The van der Waals surface area contributed by atoms with E-state index in [4.69, 9.17) is 21.1 Å². The summed E-state index contributed by atoms with van der Waals surface area (Å²) in [5, 5.41) is 2.83. The van der Waals surface area contributed by atoms with Gasteiger partial charge in [0.25, 0.3) is 5.91 Å². The first-order valence-corrected chi connectivity index (χ1v) is 9.01. The summed E-state index contributed by atoms with van der Waals surface area (Å²) in [5.74, 6) is -1.84. The minimum atomic E-state index is -1.29. The number of ether oxygens (including phenoxy) is 2. The molecule has 1 atom stereocenters. The number of rotatable bonds is 6. The smallest absolute Gasteiger partial charge is 0.342 e. The Bertz CT molecular complexity index is 1030. The van der Waals surface area contributed by atoms with Crippen molar-refractivity contribution in [3.8, 4) is 5.75 Å². The summed E-state index contributed by atoms with van der Waals surface area (Å²) in [7, 11) is 1.51. The van der Waals surface area contributed by atoms with E-state index in [9.17, 15) is 14.0 Å². The fourth-order valence-electron chi connectivity index (χ4n) is 2.63. The molecule has 1 N–H and O–H groups in total. The third-order valence-corrected chi connectivity index (χ3v) is 4.29. The predicted octanol–water partition coefficient (Wildman–Crippen LogP) is 5.02. The first-order valence-electron chi connectivity index (χ1n) is 8.64. The molecule has 0 saturated heterocycles. The Morgan fingerprint density at radius 1 is 1.00 bits per heavy atom. The Hall–Kier alpha value is -3.38. The molecule has 3 rings (SSSR count). The van der Waals surface area contributed by atoms with Gasteiger partial charge >= 0.3 is 5.97 Å². The van der Waals surface area contributed by atoms with Crippen LogP contribution in [0.5, 0.6) is 5.75 Å². The van der Waals surface area contributed by atoms with Crippen LogP contribution in [0.15, 0.2) is 72.8 Å². The zero-order chi connectivity index (χ0) is 20.8. The molecule has 0 aliphatic rings. The van der Waals surface area contributed by atoms with E-state index in [2.05, 4.69) is 5.32 Å². The molecule has 0 aromatic heterocycles. The van der Waals surface area contributed by atoms with Gasteiger partial charge in [-0.05, 0) is 30.3 Å². The van der Waals surface area contributed by atoms with E-state index in [1.54, 1.807) is 54.6 Å². The number of methoxy groups -OCH3 is 1. The molecule has 0 aliphatic carbocycles. The van der Waals surface area contributed by atoms with Gasteiger partial charge in [0.15, 0.2) is 0 Å². The number of carbonyl (C=O) groups is 2. The number of benzene rings is 3. The van der Waals surface area contributed by atoms with Crippen LogP contribution in [0, 0.1) is 5.82 Å². The SMILES string of the molecule is COc1cccc(NC(=O)[C@H](OC(=O)c2ccc(Cl)cc2F)c2ccccc2)c1. The Labute approximate surface area is 172 Å². The van der Waals surface area contributed by atoms with Gasteiger partial charge in [-0.2, -0.15) is 0 Å². The third-order valence-electron chi connectivity index (χ3n) is 4.05. The van der Waals surface area contributed by atoms with Crippen molar-refractivity contribution in [2.75, 3.05) is 12.4 Å². The maximum Gasteiger partial charge on any atom is 0.342 e. The number of carbonyl (C=O) groups excluding carboxylic acids is 2. The van der Waals surface area contributed by atoms with Crippen molar-refractivity contribution in [1.29, 1.82) is 0 Å². The number of nitrogens with one attached hydrogen (secondary N) is 1. The van der Waals surface area contributed by atoms with Gasteiger partial charge in [-0.25, -0.2) is 9.18 Å². The molecule has 0 heterocycles. The van der Waals surface area contributed by atoms with E-state index in [0.717, 1.165) is 6.07 Å². The highest BCUT2D eigenvalue weighted by molar-refractivity contribution is 6.30. The van der Waals surface area contributed by atoms with Gasteiger partial charge in [-0.15, -0.1) is 0 Å². The quantitative estimate of drug-likeness (QED) is 0.576. The Kier molecular flexibility index (Phi) is 6.46. The summed E-state index contributed by atoms with van der Waals surface area (Å²) in [6.07, 6.45) is -1.29. The van der Waals surface area contributed by atoms with Crippen molar-refractivity contribution in [3.05, 3.63) is 94.8 Å². The van der Waals surface area contributed by atoms with Crippen molar-refractivity contribution in [1.82, 2.24) is 0 Å². The maximum absolute atomic E-state index is 14.1. The molecule has 3 aromatic carbocycles. The van der Waals surface area contributed by atoms with Gasteiger partial charge in [0.05, 0.1) is 12.7 Å². The molecule has 0 saturated carbocycles. The van der Waals surface area contributed by atoms with Crippen molar-refractivity contribution >= 4 is 29.2 Å². The highest BCUT2D eigenvalue weighted by Crippen LogP contribution is 2.24. The predicted molar refractivity (Wildman–Crippen MR) is 108 cm³/mol. The minimum absolute atomic E-state index is 0.148. The van der Waals surface area contributed by atoms with Crippen LogP contribution in [0.2, 0.25) is 5.02 Å². The molecule has 7 heteroatoms. The molecule has 0 bridgehead atoms. The minimum Gasteiger partial charge on any atom is -0.497 e. The monoisotopic (exact) mass is 413 g/mol. The molecule has 0 fully saturated rings. The first kappa shape index (κ1) is 20.4. The standard InChI is InChI=1S/C22H17ClFNO4/c1-28-17-9-5-8-16(13-17)25-21(26)20(14-6-3-2-4-7-14)29-22(27)18-11-10-15(23)12-19(18)24/h2-13,20H,1H3,(H,25,26)/t20-/m1/s1. The molecule has 0 unspecified atom stereocenters. The Morgan fingerprint density at radius 2 is 1.76 bits per heavy atom. The third kappa shape index (κ3) is 5.12. The van der Waals surface area contributed by atoms with Crippen LogP contribution < -0.4 is 10.1 Å². The lowest BCUT2D eigenvalue weighted by Crippen LogP contribution is -2.26. The van der Waals surface area contributed by atoms with E-state index in [0.29, 0.717) is 17.0 Å². The molecular weight excluding hydrogens is 397 g/mol. The lowest BCUT2D eigenvalue weighted by Gasteiger charge is -2.18. The second-order valence-electron chi connectivity index (χ2n) is 6.04. The first-order chi connectivity index (χ1) is 14.0. The van der Waals surface area contributed by atoms with Crippen LogP contribution in [-0.2, 0) is 9.53 Å². The summed E-state index contributed by atoms with van der Waals surface area (Å²) >= 11 is 5.72. The van der Waals surface area contributed by atoms with E-state index < -0.39 is 23.8 Å². The normalized spacial score (nSPS) is 11.4. The summed E-state index contributed by atoms with van der Waals surface area (Å²) in [6, 6.07) is 18.8. The van der Waals surface area contributed by atoms with Gasteiger partial charge < -0.3 is 14.8 Å². The van der Waals surface area contributed by atoms with E-state index in [1.807, 2.05) is 0 Å². The van der Waals surface area contributed by atoms with Crippen LogP contribution in [0.3, 0.4) is 0 Å². The number of anilines is 1. The molecule has 3 aromatic rings. The number of esters is 1. The molecular formula is C22H17ClFNO4.